The lowest BCUT2D eigenvalue weighted by atomic mass is 10.0. The second-order valence-corrected chi connectivity index (χ2v) is 38.4. The van der Waals surface area contributed by atoms with Crippen LogP contribution < -0.4 is 0 Å². The van der Waals surface area contributed by atoms with E-state index in [1.807, 2.05) is 35.1 Å². The summed E-state index contributed by atoms with van der Waals surface area (Å²) < 4.78 is 22.3. The highest BCUT2D eigenvalue weighted by Crippen LogP contribution is 2.47. The van der Waals surface area contributed by atoms with Gasteiger partial charge in [-0.25, -0.2) is 0 Å². The van der Waals surface area contributed by atoms with Crippen LogP contribution in [0.2, 0.25) is 0 Å². The molecule has 0 amide bonds. The normalized spacial score (nSPS) is 12.0. The third-order valence-corrected chi connectivity index (χ3v) is 31.3. The number of thiophene rings is 3. The van der Waals surface area contributed by atoms with Crippen molar-refractivity contribution in [2.45, 2.75) is 0 Å². The minimum Gasteiger partial charge on any atom is -0.309 e. The molecular formula is C125H77N7S3. The van der Waals surface area contributed by atoms with Crippen LogP contribution in [0.5, 0.6) is 0 Å². The zero-order valence-electron chi connectivity index (χ0n) is 72.8. The van der Waals surface area contributed by atoms with E-state index in [-0.39, 0.29) is 0 Å². The predicted molar refractivity (Wildman–Crippen MR) is 578 cm³/mol. The Morgan fingerprint density at radius 1 is 0.148 bits per heavy atom. The van der Waals surface area contributed by atoms with E-state index in [1.165, 1.54) is 253 Å². The molecule has 0 unspecified atom stereocenters. The van der Waals surface area contributed by atoms with E-state index in [0.29, 0.717) is 0 Å². The van der Waals surface area contributed by atoms with Crippen molar-refractivity contribution in [3.63, 3.8) is 0 Å². The SMILES string of the molecule is c1cc(-c2ccc3c4ccccc4n(-c4ccc5sc6ccccc6c5c4)c3c2)cc(-n2c3ccccc3c3ccccc32)c1.c1cc(-c2ccc3c4ccccc4n(-c4cccc5c4sc4ccccc45)c3c2)cc(-n2c3ccccc3c3ccccc32)c1.c1ccc2c(c1)c1ccccc1n2-c1ccc(-c2ccc3c4ccccc4n(-c4ccc5sc6cnccc6c5c4)c3c2)cc1. The number of hydrogen-bond donors (Lipinski definition) is 0. The molecule has 135 heavy (non-hydrogen) atoms. The number of nitrogens with zero attached hydrogens (tertiary/aromatic N) is 7. The molecule has 0 saturated carbocycles. The van der Waals surface area contributed by atoms with Crippen molar-refractivity contribution in [1.29, 1.82) is 0 Å². The lowest BCUT2D eigenvalue weighted by Crippen LogP contribution is -1.95. The van der Waals surface area contributed by atoms with Crippen molar-refractivity contribution in [2.75, 3.05) is 0 Å². The molecule has 7 nitrogen and oxygen atoms in total. The average molecular weight is 1770 g/mol. The lowest BCUT2D eigenvalue weighted by Gasteiger charge is -2.12. The molecule has 0 N–H and O–H groups in total. The molecule has 10 heteroatoms. The number of para-hydroxylation sites is 9. The fraction of sp³-hybridized carbons (Fsp3) is 0. The molecule has 0 atom stereocenters. The van der Waals surface area contributed by atoms with Crippen LogP contribution in [0.15, 0.2) is 467 Å². The second-order valence-electron chi connectivity index (χ2n) is 35.2. The lowest BCUT2D eigenvalue weighted by molar-refractivity contribution is 1.18. The molecule has 630 valence electrons. The van der Waals surface area contributed by atoms with Gasteiger partial charge in [-0.15, -0.1) is 34.0 Å². The van der Waals surface area contributed by atoms with Gasteiger partial charge in [0.05, 0.1) is 81.3 Å². The summed E-state index contributed by atoms with van der Waals surface area (Å²) in [6.45, 7) is 0. The Morgan fingerprint density at radius 3 is 0.844 bits per heavy atom. The van der Waals surface area contributed by atoms with Gasteiger partial charge in [-0.1, -0.05) is 285 Å². The van der Waals surface area contributed by atoms with Crippen LogP contribution in [-0.4, -0.2) is 32.4 Å². The van der Waals surface area contributed by atoms with Gasteiger partial charge < -0.3 is 27.4 Å². The van der Waals surface area contributed by atoms with Crippen molar-refractivity contribution in [1.82, 2.24) is 32.4 Å². The molecule has 0 fully saturated rings. The second kappa shape index (κ2) is 30.8. The fourth-order valence-electron chi connectivity index (χ4n) is 21.8. The Bertz CT molecular complexity index is 9960. The van der Waals surface area contributed by atoms with Crippen LogP contribution in [0.25, 0.3) is 259 Å². The summed E-state index contributed by atoms with van der Waals surface area (Å²) in [4.78, 5) is 4.35. The van der Waals surface area contributed by atoms with Crippen LogP contribution in [0.4, 0.5) is 0 Å². The summed E-state index contributed by atoms with van der Waals surface area (Å²) in [7, 11) is 0. The Hall–Kier alpha value is -17.0. The summed E-state index contributed by atoms with van der Waals surface area (Å²) in [5, 5.41) is 23.1. The fourth-order valence-corrected chi connectivity index (χ4v) is 25.2. The molecule has 10 heterocycles. The van der Waals surface area contributed by atoms with Gasteiger partial charge in [-0.05, 0) is 203 Å². The first-order valence-electron chi connectivity index (χ1n) is 45.9. The maximum Gasteiger partial charge on any atom is 0.0640 e. The quantitative estimate of drug-likeness (QED) is 0.142. The topological polar surface area (TPSA) is 42.5 Å². The number of aromatic nitrogens is 7. The van der Waals surface area contributed by atoms with Gasteiger partial charge in [0, 0.05) is 157 Å². The maximum absolute atomic E-state index is 4.35. The molecule has 0 aliphatic carbocycles. The predicted octanol–water partition coefficient (Wildman–Crippen LogP) is 35.1. The maximum atomic E-state index is 4.35. The van der Waals surface area contributed by atoms with E-state index in [9.17, 15) is 0 Å². The Morgan fingerprint density at radius 2 is 0.422 bits per heavy atom. The van der Waals surface area contributed by atoms with Crippen molar-refractivity contribution >= 4 is 225 Å². The van der Waals surface area contributed by atoms with Crippen molar-refractivity contribution in [3.8, 4) is 67.5 Å². The van der Waals surface area contributed by atoms with Gasteiger partial charge in [0.2, 0.25) is 0 Å². The third-order valence-electron chi connectivity index (χ3n) is 27.9. The van der Waals surface area contributed by atoms with Gasteiger partial charge in [-0.3, -0.25) is 4.98 Å². The summed E-state index contributed by atoms with van der Waals surface area (Å²) in [6.07, 6.45) is 3.86. The van der Waals surface area contributed by atoms with E-state index in [2.05, 4.69) is 487 Å². The van der Waals surface area contributed by atoms with E-state index >= 15 is 0 Å². The summed E-state index contributed by atoms with van der Waals surface area (Å²) in [6, 6.07) is 166. The first-order chi connectivity index (χ1) is 67.0. The van der Waals surface area contributed by atoms with Gasteiger partial charge in [-0.2, -0.15) is 0 Å². The van der Waals surface area contributed by atoms with Gasteiger partial charge in [0.15, 0.2) is 0 Å². The smallest absolute Gasteiger partial charge is 0.0640 e. The zero-order valence-corrected chi connectivity index (χ0v) is 75.3. The molecule has 30 aromatic rings. The number of fused-ring (bicyclic) bond motifs is 27. The summed E-state index contributed by atoms with van der Waals surface area (Å²) >= 11 is 5.55. The molecule has 0 aliphatic rings. The van der Waals surface area contributed by atoms with Crippen molar-refractivity contribution in [2.24, 2.45) is 0 Å². The first kappa shape index (κ1) is 76.8. The molecule has 10 aromatic heterocycles. The standard InChI is InChI=1S/2C42H26N2S.C41H25N3S/c1-5-18-36-30(13-1)31-14-2-6-19-37(31)43(36)29-12-9-11-27(25-29)28-23-24-33-32-15-3-7-20-38(32)44(40(33)26-28)39-21-10-17-35-34-16-4-8-22-41(34)45-42(35)39;1-5-16-37-31(12-1)32-13-2-6-17-38(32)43(37)29-11-9-10-27(24-29)28-20-22-34-33-14-3-7-18-39(33)44(40(34)25-28)30-21-23-42-36(26-30)35-15-4-8-19-41(35)45-42;1-4-10-36-30(7-1)31-8-2-5-11-37(31)43(36)28-16-13-26(14-17-28)27-15-19-33-32-9-3-6-12-38(32)44(39(33)23-27)29-18-20-40-35(24-29)34-21-22-42-25-41(34)45-40/h2*1-26H;1-25H. The van der Waals surface area contributed by atoms with Crippen LogP contribution in [0, 0.1) is 0 Å². The zero-order chi connectivity index (χ0) is 88.5. The van der Waals surface area contributed by atoms with Crippen molar-refractivity contribution in [3.05, 3.63) is 467 Å². The van der Waals surface area contributed by atoms with E-state index < -0.39 is 0 Å². The first-order valence-corrected chi connectivity index (χ1v) is 48.4. The minimum atomic E-state index is 1.16. The van der Waals surface area contributed by atoms with E-state index in [0.717, 1.165) is 5.69 Å². The molecule has 30 rings (SSSR count). The van der Waals surface area contributed by atoms with Gasteiger partial charge >= 0.3 is 0 Å². The number of benzene rings is 20. The number of hydrogen-bond acceptors (Lipinski definition) is 4. The molecular weight excluding hydrogens is 1700 g/mol. The van der Waals surface area contributed by atoms with Crippen LogP contribution in [0.1, 0.15) is 0 Å². The molecule has 0 spiro atoms. The summed E-state index contributed by atoms with van der Waals surface area (Å²) in [5.74, 6) is 0. The highest BCUT2D eigenvalue weighted by molar-refractivity contribution is 7.26. The summed E-state index contributed by atoms with van der Waals surface area (Å²) in [5.41, 5.74) is 29.0. The van der Waals surface area contributed by atoms with Crippen LogP contribution >= 0.6 is 34.0 Å². The Balaban J connectivity index is 0.000000101. The van der Waals surface area contributed by atoms with Gasteiger partial charge in [0.25, 0.3) is 0 Å². The highest BCUT2D eigenvalue weighted by Gasteiger charge is 2.24. The van der Waals surface area contributed by atoms with Crippen molar-refractivity contribution < 1.29 is 0 Å². The largest absolute Gasteiger partial charge is 0.309 e. The third kappa shape index (κ3) is 12.2. The molecule has 0 saturated heterocycles. The molecule has 0 radical (unpaired) electrons. The molecule has 0 aliphatic heterocycles. The monoisotopic (exact) mass is 1770 g/mol. The Kier molecular flexibility index (Phi) is 17.5. The van der Waals surface area contributed by atoms with E-state index in [4.69, 9.17) is 0 Å². The van der Waals surface area contributed by atoms with Gasteiger partial charge in [0.1, 0.15) is 0 Å². The van der Waals surface area contributed by atoms with Crippen LogP contribution in [0.3, 0.4) is 0 Å². The van der Waals surface area contributed by atoms with E-state index in [1.54, 1.807) is 11.3 Å². The number of rotatable bonds is 9. The van der Waals surface area contributed by atoms with Crippen LogP contribution in [-0.2, 0) is 0 Å². The average Bonchev–Trinajstić information content (AvgIpc) is 1.56. The Labute approximate surface area is 786 Å². The number of pyridine rings is 1. The minimum absolute atomic E-state index is 1.16. The highest BCUT2D eigenvalue weighted by atomic mass is 32.1. The molecule has 20 aromatic carbocycles. The molecule has 0 bridgehead atoms.